The normalized spacial score (nSPS) is 10.6. The molecule has 1 amide bonds. The molecule has 1 aromatic heterocycles. The van der Waals surface area contributed by atoms with Gasteiger partial charge >= 0.3 is 0 Å². The van der Waals surface area contributed by atoms with Crippen LogP contribution in [0.5, 0.6) is 0 Å². The van der Waals surface area contributed by atoms with Crippen LogP contribution >= 0.6 is 11.3 Å². The molecule has 0 aromatic carbocycles. The molecule has 1 heterocycles. The van der Waals surface area contributed by atoms with Crippen LogP contribution in [0.4, 0.5) is 0 Å². The molecule has 18 heavy (non-hydrogen) atoms. The maximum atomic E-state index is 12.3. The van der Waals surface area contributed by atoms with Crippen molar-refractivity contribution in [2.75, 3.05) is 13.1 Å². The summed E-state index contributed by atoms with van der Waals surface area (Å²) >= 11 is 1.33. The number of aromatic nitrogens is 1. The van der Waals surface area contributed by atoms with Crippen molar-refractivity contribution in [3.8, 4) is 0 Å². The number of thiazole rings is 1. The summed E-state index contributed by atoms with van der Waals surface area (Å²) in [7, 11) is 0. The van der Waals surface area contributed by atoms with Crippen molar-refractivity contribution < 1.29 is 9.90 Å². The molecule has 0 radical (unpaired) electrons. The first-order chi connectivity index (χ1) is 8.72. The van der Waals surface area contributed by atoms with Gasteiger partial charge in [0.25, 0.3) is 5.91 Å². The Kier molecular flexibility index (Phi) is 6.90. The first-order valence-corrected chi connectivity index (χ1v) is 7.45. The van der Waals surface area contributed by atoms with Gasteiger partial charge < -0.3 is 10.0 Å². The van der Waals surface area contributed by atoms with Gasteiger partial charge in [0.05, 0.1) is 6.61 Å². The zero-order valence-electron chi connectivity index (χ0n) is 11.2. The molecule has 1 N–H and O–H groups in total. The number of hydrogen-bond acceptors (Lipinski definition) is 4. The van der Waals surface area contributed by atoms with E-state index in [2.05, 4.69) is 18.8 Å². The smallest absolute Gasteiger partial charge is 0.273 e. The van der Waals surface area contributed by atoms with Gasteiger partial charge in [-0.3, -0.25) is 4.79 Å². The van der Waals surface area contributed by atoms with Crippen LogP contribution in [-0.4, -0.2) is 34.0 Å². The highest BCUT2D eigenvalue weighted by Gasteiger charge is 2.17. The maximum Gasteiger partial charge on any atom is 0.273 e. The lowest BCUT2D eigenvalue weighted by molar-refractivity contribution is 0.0745. The Balaban J connectivity index is 2.67. The molecule has 0 aliphatic heterocycles. The molecule has 0 saturated carbocycles. The van der Waals surface area contributed by atoms with Crippen LogP contribution in [0.2, 0.25) is 0 Å². The molecule has 0 aliphatic rings. The van der Waals surface area contributed by atoms with Crippen LogP contribution in [0.1, 0.15) is 55.0 Å². The van der Waals surface area contributed by atoms with Crippen molar-refractivity contribution >= 4 is 17.2 Å². The quantitative estimate of drug-likeness (QED) is 0.790. The second kappa shape index (κ2) is 8.21. The Morgan fingerprint density at radius 1 is 1.33 bits per heavy atom. The fourth-order valence-corrected chi connectivity index (χ4v) is 2.28. The third kappa shape index (κ3) is 4.38. The summed E-state index contributed by atoms with van der Waals surface area (Å²) in [6.45, 7) is 5.73. The lowest BCUT2D eigenvalue weighted by Crippen LogP contribution is -2.33. The van der Waals surface area contributed by atoms with E-state index in [1.165, 1.54) is 11.3 Å². The van der Waals surface area contributed by atoms with Crippen LogP contribution in [0.25, 0.3) is 0 Å². The second-order valence-corrected chi connectivity index (χ2v) is 5.23. The van der Waals surface area contributed by atoms with Gasteiger partial charge in [0.2, 0.25) is 0 Å². The van der Waals surface area contributed by atoms with E-state index in [0.29, 0.717) is 10.7 Å². The summed E-state index contributed by atoms with van der Waals surface area (Å²) in [4.78, 5) is 18.3. The number of carbonyl (C=O) groups is 1. The fourth-order valence-electron chi connectivity index (χ4n) is 1.66. The number of nitrogens with zero attached hydrogens (tertiary/aromatic N) is 2. The summed E-state index contributed by atoms with van der Waals surface area (Å²) < 4.78 is 0. The van der Waals surface area contributed by atoms with Crippen molar-refractivity contribution in [2.24, 2.45) is 0 Å². The van der Waals surface area contributed by atoms with Gasteiger partial charge in [-0.15, -0.1) is 11.3 Å². The predicted octanol–water partition coefficient (Wildman–Crippen LogP) is 2.68. The van der Waals surface area contributed by atoms with E-state index < -0.39 is 0 Å². The van der Waals surface area contributed by atoms with Gasteiger partial charge in [-0.25, -0.2) is 4.98 Å². The summed E-state index contributed by atoms with van der Waals surface area (Å²) in [6.07, 6.45) is 4.20. The minimum atomic E-state index is -0.0954. The number of unbranched alkanes of at least 4 members (excludes halogenated alkanes) is 2. The fraction of sp³-hybridized carbons (Fsp3) is 0.692. The molecule has 1 aromatic rings. The van der Waals surface area contributed by atoms with Crippen molar-refractivity contribution in [1.82, 2.24) is 9.88 Å². The molecule has 102 valence electrons. The minimum absolute atomic E-state index is 0.00662. The molecule has 0 unspecified atom stereocenters. The average molecular weight is 270 g/mol. The summed E-state index contributed by atoms with van der Waals surface area (Å²) in [6, 6.07) is 0. The molecule has 5 heteroatoms. The highest BCUT2D eigenvalue weighted by atomic mass is 32.1. The Morgan fingerprint density at radius 2 is 1.94 bits per heavy atom. The van der Waals surface area contributed by atoms with Crippen LogP contribution in [0.15, 0.2) is 5.38 Å². The number of carbonyl (C=O) groups excluding carboxylic acids is 1. The zero-order chi connectivity index (χ0) is 13.4. The van der Waals surface area contributed by atoms with E-state index >= 15 is 0 Å². The Labute approximate surface area is 113 Å². The largest absolute Gasteiger partial charge is 0.389 e. The van der Waals surface area contributed by atoms with E-state index in [0.717, 1.165) is 38.8 Å². The van der Waals surface area contributed by atoms with Gasteiger partial charge in [0.15, 0.2) is 0 Å². The van der Waals surface area contributed by atoms with Gasteiger partial charge in [0, 0.05) is 18.5 Å². The van der Waals surface area contributed by atoms with E-state index in [1.807, 2.05) is 4.90 Å². The Bertz CT molecular complexity index is 358. The summed E-state index contributed by atoms with van der Waals surface area (Å²) in [5.41, 5.74) is 0.469. The zero-order valence-corrected chi connectivity index (χ0v) is 12.0. The molecule has 1 rings (SSSR count). The monoisotopic (exact) mass is 270 g/mol. The number of amides is 1. The standard InChI is InChI=1S/C13H22N2O2S/c1-3-5-7-15(8-6-4-2)13(17)11-10-18-12(9-16)14-11/h10,16H,3-9H2,1-2H3. The molecule has 0 aliphatic carbocycles. The molecule has 0 saturated heterocycles. The number of aliphatic hydroxyl groups is 1. The molecular weight excluding hydrogens is 248 g/mol. The number of hydrogen-bond donors (Lipinski definition) is 1. The minimum Gasteiger partial charge on any atom is -0.389 e. The van der Waals surface area contributed by atoms with Crippen molar-refractivity contribution in [3.63, 3.8) is 0 Å². The first kappa shape index (κ1) is 15.1. The lowest BCUT2D eigenvalue weighted by Gasteiger charge is -2.21. The van der Waals surface area contributed by atoms with Crippen molar-refractivity contribution in [1.29, 1.82) is 0 Å². The second-order valence-electron chi connectivity index (χ2n) is 4.28. The molecule has 4 nitrogen and oxygen atoms in total. The average Bonchev–Trinajstić information content (AvgIpc) is 2.87. The highest BCUT2D eigenvalue weighted by Crippen LogP contribution is 2.13. The van der Waals surface area contributed by atoms with Gasteiger partial charge in [-0.2, -0.15) is 0 Å². The first-order valence-electron chi connectivity index (χ1n) is 6.57. The van der Waals surface area contributed by atoms with Crippen molar-refractivity contribution in [3.05, 3.63) is 16.1 Å². The van der Waals surface area contributed by atoms with Gasteiger partial charge in [-0.1, -0.05) is 26.7 Å². The van der Waals surface area contributed by atoms with E-state index in [9.17, 15) is 4.79 Å². The molecule has 0 fully saturated rings. The SMILES string of the molecule is CCCCN(CCCC)C(=O)c1csc(CO)n1. The molecule has 0 atom stereocenters. The van der Waals surface area contributed by atoms with Crippen LogP contribution in [0.3, 0.4) is 0 Å². The molecule has 0 bridgehead atoms. The molecular formula is C13H22N2O2S. The summed E-state index contributed by atoms with van der Waals surface area (Å²) in [5.74, 6) is -0.00662. The third-order valence-corrected chi connectivity index (χ3v) is 3.59. The van der Waals surface area contributed by atoms with Crippen LogP contribution < -0.4 is 0 Å². The predicted molar refractivity (Wildman–Crippen MR) is 73.8 cm³/mol. The van der Waals surface area contributed by atoms with E-state index in [1.54, 1.807) is 5.38 Å². The number of aliphatic hydroxyl groups excluding tert-OH is 1. The van der Waals surface area contributed by atoms with Crippen LogP contribution in [-0.2, 0) is 6.61 Å². The Morgan fingerprint density at radius 3 is 2.39 bits per heavy atom. The lowest BCUT2D eigenvalue weighted by atomic mass is 10.2. The third-order valence-electron chi connectivity index (χ3n) is 2.76. The van der Waals surface area contributed by atoms with Crippen LogP contribution in [0, 0.1) is 0 Å². The highest BCUT2D eigenvalue weighted by molar-refractivity contribution is 7.09. The van der Waals surface area contributed by atoms with Crippen molar-refractivity contribution in [2.45, 2.75) is 46.1 Å². The number of rotatable bonds is 8. The molecule has 0 spiro atoms. The van der Waals surface area contributed by atoms with E-state index in [4.69, 9.17) is 5.11 Å². The maximum absolute atomic E-state index is 12.3. The van der Waals surface area contributed by atoms with Gasteiger partial charge in [0.1, 0.15) is 10.7 Å². The Hall–Kier alpha value is -0.940. The van der Waals surface area contributed by atoms with Gasteiger partial charge in [-0.05, 0) is 12.8 Å². The topological polar surface area (TPSA) is 53.4 Å². The summed E-state index contributed by atoms with van der Waals surface area (Å²) in [5, 5.41) is 11.3. The van der Waals surface area contributed by atoms with E-state index in [-0.39, 0.29) is 12.5 Å².